The Morgan fingerprint density at radius 1 is 1.32 bits per heavy atom. The van der Waals surface area contributed by atoms with Gasteiger partial charge in [-0.25, -0.2) is 4.39 Å². The summed E-state index contributed by atoms with van der Waals surface area (Å²) in [5, 5.41) is 2.72. The van der Waals surface area contributed by atoms with Gasteiger partial charge in [0.15, 0.2) is 0 Å². The van der Waals surface area contributed by atoms with Gasteiger partial charge in [-0.05, 0) is 44.1 Å². The number of piperidine rings is 1. The van der Waals surface area contributed by atoms with Crippen LogP contribution in [0.2, 0.25) is 0 Å². The lowest BCUT2D eigenvalue weighted by atomic mass is 10.1. The minimum Gasteiger partial charge on any atom is -0.397 e. The number of halogens is 1. The van der Waals surface area contributed by atoms with Crippen LogP contribution in [-0.2, 0) is 4.79 Å². The predicted octanol–water partition coefficient (Wildman–Crippen LogP) is 2.22. The van der Waals surface area contributed by atoms with Crippen LogP contribution in [0.4, 0.5) is 15.8 Å². The van der Waals surface area contributed by atoms with E-state index in [4.69, 9.17) is 5.73 Å². The number of likely N-dealkylation sites (tertiary alicyclic amines) is 1. The summed E-state index contributed by atoms with van der Waals surface area (Å²) in [6.45, 7) is 2.92. The van der Waals surface area contributed by atoms with Crippen LogP contribution >= 0.6 is 0 Å². The summed E-state index contributed by atoms with van der Waals surface area (Å²) >= 11 is 0. The molecule has 0 atom stereocenters. The molecule has 0 saturated carbocycles. The third kappa shape index (κ3) is 4.21. The number of rotatable bonds is 4. The topological polar surface area (TPSA) is 58.4 Å². The van der Waals surface area contributed by atoms with Crippen LogP contribution in [0.15, 0.2) is 18.2 Å². The molecular weight excluding hydrogens is 245 g/mol. The van der Waals surface area contributed by atoms with E-state index in [1.54, 1.807) is 0 Å². The van der Waals surface area contributed by atoms with Crippen LogP contribution in [0.3, 0.4) is 0 Å². The highest BCUT2D eigenvalue weighted by Crippen LogP contribution is 2.19. The zero-order chi connectivity index (χ0) is 13.7. The van der Waals surface area contributed by atoms with E-state index in [0.29, 0.717) is 12.1 Å². The molecule has 2 rings (SSSR count). The molecule has 1 saturated heterocycles. The average molecular weight is 265 g/mol. The average Bonchev–Trinajstić information content (AvgIpc) is 2.41. The Morgan fingerprint density at radius 3 is 2.74 bits per heavy atom. The summed E-state index contributed by atoms with van der Waals surface area (Å²) in [5.41, 5.74) is 6.38. The fourth-order valence-electron chi connectivity index (χ4n) is 2.30. The number of benzene rings is 1. The second-order valence-corrected chi connectivity index (χ2v) is 4.93. The van der Waals surface area contributed by atoms with Gasteiger partial charge >= 0.3 is 0 Å². The van der Waals surface area contributed by atoms with Gasteiger partial charge in [0.25, 0.3) is 0 Å². The summed E-state index contributed by atoms with van der Waals surface area (Å²) in [7, 11) is 0. The summed E-state index contributed by atoms with van der Waals surface area (Å²) in [6.07, 6.45) is 4.16. The summed E-state index contributed by atoms with van der Waals surface area (Å²) < 4.78 is 12.9. The maximum absolute atomic E-state index is 12.9. The molecule has 0 aromatic heterocycles. The minimum atomic E-state index is -0.399. The van der Waals surface area contributed by atoms with E-state index >= 15 is 0 Å². The Hall–Kier alpha value is -1.62. The number of hydrogen-bond acceptors (Lipinski definition) is 3. The molecule has 19 heavy (non-hydrogen) atoms. The summed E-state index contributed by atoms with van der Waals surface area (Å²) in [6, 6.07) is 3.99. The third-order valence-electron chi connectivity index (χ3n) is 3.39. The first-order chi connectivity index (χ1) is 9.15. The van der Waals surface area contributed by atoms with Crippen LogP contribution < -0.4 is 11.1 Å². The molecule has 1 aliphatic rings. The molecule has 0 aliphatic carbocycles. The van der Waals surface area contributed by atoms with Crippen LogP contribution in [0, 0.1) is 5.82 Å². The Bertz CT molecular complexity index is 444. The van der Waals surface area contributed by atoms with Gasteiger partial charge in [0.2, 0.25) is 5.91 Å². The molecule has 0 unspecified atom stereocenters. The van der Waals surface area contributed by atoms with Crippen LogP contribution in [0.1, 0.15) is 25.7 Å². The van der Waals surface area contributed by atoms with E-state index in [-0.39, 0.29) is 11.6 Å². The van der Waals surface area contributed by atoms with Crippen molar-refractivity contribution in [1.29, 1.82) is 0 Å². The number of nitrogens with zero attached hydrogens (tertiary/aromatic N) is 1. The highest BCUT2D eigenvalue weighted by molar-refractivity contribution is 5.93. The zero-order valence-electron chi connectivity index (χ0n) is 11.0. The third-order valence-corrected chi connectivity index (χ3v) is 3.39. The lowest BCUT2D eigenvalue weighted by Crippen LogP contribution is -2.32. The highest BCUT2D eigenvalue weighted by Gasteiger charge is 2.12. The lowest BCUT2D eigenvalue weighted by Gasteiger charge is -2.25. The molecule has 104 valence electrons. The minimum absolute atomic E-state index is 0.0797. The molecule has 4 nitrogen and oxygen atoms in total. The van der Waals surface area contributed by atoms with Crippen molar-refractivity contribution in [3.05, 3.63) is 24.0 Å². The van der Waals surface area contributed by atoms with Crippen molar-refractivity contribution in [3.8, 4) is 0 Å². The summed E-state index contributed by atoms with van der Waals surface area (Å²) in [5.74, 6) is -0.479. The monoisotopic (exact) mass is 265 g/mol. The first-order valence-corrected chi connectivity index (χ1v) is 6.72. The van der Waals surface area contributed by atoms with Gasteiger partial charge < -0.3 is 16.0 Å². The molecular formula is C14H20FN3O. The Morgan fingerprint density at radius 2 is 2.05 bits per heavy atom. The maximum Gasteiger partial charge on any atom is 0.225 e. The molecule has 1 heterocycles. The van der Waals surface area contributed by atoms with E-state index in [1.165, 1.54) is 37.5 Å². The number of nitrogens with one attached hydrogen (secondary N) is 1. The zero-order valence-corrected chi connectivity index (χ0v) is 11.0. The van der Waals surface area contributed by atoms with Crippen LogP contribution in [0.25, 0.3) is 0 Å². The fraction of sp³-hybridized carbons (Fsp3) is 0.500. The van der Waals surface area contributed by atoms with E-state index < -0.39 is 5.82 Å². The quantitative estimate of drug-likeness (QED) is 0.821. The molecule has 0 spiro atoms. The molecule has 0 radical (unpaired) electrons. The molecule has 1 aromatic carbocycles. The first kappa shape index (κ1) is 13.8. The van der Waals surface area contributed by atoms with Crippen molar-refractivity contribution in [2.75, 3.05) is 30.7 Å². The molecule has 1 aliphatic heterocycles. The number of nitrogens with two attached hydrogens (primary N) is 1. The fourth-order valence-corrected chi connectivity index (χ4v) is 2.30. The van der Waals surface area contributed by atoms with Gasteiger partial charge in [-0.1, -0.05) is 6.42 Å². The van der Waals surface area contributed by atoms with Crippen molar-refractivity contribution < 1.29 is 9.18 Å². The SMILES string of the molecule is Nc1cc(F)ccc1NC(=O)CCN1CCCCC1. The number of hydrogen-bond donors (Lipinski definition) is 2. The summed E-state index contributed by atoms with van der Waals surface area (Å²) in [4.78, 5) is 14.1. The van der Waals surface area contributed by atoms with Gasteiger partial charge in [-0.2, -0.15) is 0 Å². The van der Waals surface area contributed by atoms with Crippen molar-refractivity contribution in [2.24, 2.45) is 0 Å². The normalized spacial score (nSPS) is 16.3. The predicted molar refractivity (Wildman–Crippen MR) is 74.4 cm³/mol. The molecule has 1 amide bonds. The molecule has 1 fully saturated rings. The lowest BCUT2D eigenvalue weighted by molar-refractivity contribution is -0.116. The van der Waals surface area contributed by atoms with Crippen molar-refractivity contribution in [1.82, 2.24) is 4.90 Å². The van der Waals surface area contributed by atoms with E-state index in [2.05, 4.69) is 10.2 Å². The van der Waals surface area contributed by atoms with Gasteiger partial charge in [0.05, 0.1) is 11.4 Å². The molecule has 1 aromatic rings. The van der Waals surface area contributed by atoms with E-state index in [1.807, 2.05) is 0 Å². The number of carbonyl (C=O) groups excluding carboxylic acids is 1. The molecule has 5 heteroatoms. The number of nitrogen functional groups attached to an aromatic ring is 1. The van der Waals surface area contributed by atoms with E-state index in [9.17, 15) is 9.18 Å². The number of carbonyl (C=O) groups is 1. The Kier molecular flexibility index (Phi) is 4.74. The van der Waals surface area contributed by atoms with Crippen molar-refractivity contribution >= 4 is 17.3 Å². The first-order valence-electron chi connectivity index (χ1n) is 6.72. The second kappa shape index (κ2) is 6.52. The molecule has 3 N–H and O–H groups in total. The maximum atomic E-state index is 12.9. The smallest absolute Gasteiger partial charge is 0.225 e. The highest BCUT2D eigenvalue weighted by atomic mass is 19.1. The van der Waals surface area contributed by atoms with Gasteiger partial charge in [-0.3, -0.25) is 4.79 Å². The van der Waals surface area contributed by atoms with Crippen molar-refractivity contribution in [2.45, 2.75) is 25.7 Å². The van der Waals surface area contributed by atoms with E-state index in [0.717, 1.165) is 19.6 Å². The van der Waals surface area contributed by atoms with Gasteiger partial charge in [-0.15, -0.1) is 0 Å². The Balaban J connectivity index is 1.80. The standard InChI is InChI=1S/C14H20FN3O/c15-11-4-5-13(12(16)10-11)17-14(19)6-9-18-7-2-1-3-8-18/h4-5,10H,1-3,6-9,16H2,(H,17,19). The van der Waals surface area contributed by atoms with Crippen LogP contribution in [0.5, 0.6) is 0 Å². The largest absolute Gasteiger partial charge is 0.397 e. The van der Waals surface area contributed by atoms with Crippen LogP contribution in [-0.4, -0.2) is 30.4 Å². The van der Waals surface area contributed by atoms with Gasteiger partial charge in [0, 0.05) is 13.0 Å². The second-order valence-electron chi connectivity index (χ2n) is 4.93. The number of amides is 1. The Labute approximate surface area is 112 Å². The van der Waals surface area contributed by atoms with Gasteiger partial charge in [0.1, 0.15) is 5.82 Å². The molecule has 0 bridgehead atoms. The number of anilines is 2. The van der Waals surface area contributed by atoms with Crippen molar-refractivity contribution in [3.63, 3.8) is 0 Å².